The second kappa shape index (κ2) is 14.7. The van der Waals surface area contributed by atoms with E-state index in [0.717, 1.165) is 5.56 Å². The van der Waals surface area contributed by atoms with Crippen molar-refractivity contribution in [1.82, 2.24) is 10.6 Å². The number of rotatable bonds is 13. The highest BCUT2D eigenvalue weighted by Gasteiger charge is 2.24. The molecule has 42 heavy (non-hydrogen) atoms. The summed E-state index contributed by atoms with van der Waals surface area (Å²) in [7, 11) is 1.48. The summed E-state index contributed by atoms with van der Waals surface area (Å²) in [6.07, 6.45) is 0.618. The summed E-state index contributed by atoms with van der Waals surface area (Å²) >= 11 is 0. The third-order valence-electron chi connectivity index (χ3n) is 6.42. The van der Waals surface area contributed by atoms with Crippen LogP contribution in [0, 0.1) is 12.8 Å². The van der Waals surface area contributed by atoms with Crippen molar-refractivity contribution in [3.05, 3.63) is 77.2 Å². The summed E-state index contributed by atoms with van der Waals surface area (Å²) in [5, 5.41) is 20.4. The summed E-state index contributed by atoms with van der Waals surface area (Å²) in [5.74, 6) is -0.360. The molecule has 11 nitrogen and oxygen atoms in total. The van der Waals surface area contributed by atoms with Crippen LogP contribution in [0.5, 0.6) is 5.75 Å². The maximum atomic E-state index is 13.1. The number of hydrogen-bond donors (Lipinski definition) is 5. The molecule has 1 heterocycles. The molecule has 0 spiro atoms. The van der Waals surface area contributed by atoms with Gasteiger partial charge in [-0.3, -0.25) is 9.59 Å². The lowest BCUT2D eigenvalue weighted by atomic mass is 10.0. The van der Waals surface area contributed by atoms with E-state index in [1.54, 1.807) is 30.3 Å². The molecule has 3 aromatic rings. The third-order valence-corrected chi connectivity index (χ3v) is 6.42. The normalized spacial score (nSPS) is 12.2. The van der Waals surface area contributed by atoms with Gasteiger partial charge in [0.25, 0.3) is 0 Å². The van der Waals surface area contributed by atoms with Gasteiger partial charge in [-0.15, -0.1) is 0 Å². The second-order valence-electron chi connectivity index (χ2n) is 10.5. The molecule has 0 saturated heterocycles. The van der Waals surface area contributed by atoms with Crippen LogP contribution in [0.2, 0.25) is 0 Å². The molecule has 1 aromatic heterocycles. The molecule has 0 bridgehead atoms. The fraction of sp³-hybridized carbons (Fsp3) is 0.355. The van der Waals surface area contributed by atoms with Crippen LogP contribution < -0.4 is 26.0 Å². The van der Waals surface area contributed by atoms with Gasteiger partial charge in [0.05, 0.1) is 25.3 Å². The Kier molecular flexibility index (Phi) is 11.1. The predicted molar refractivity (Wildman–Crippen MR) is 159 cm³/mol. The van der Waals surface area contributed by atoms with Crippen molar-refractivity contribution < 1.29 is 33.4 Å². The lowest BCUT2D eigenvalue weighted by Gasteiger charge is -2.19. The van der Waals surface area contributed by atoms with Crippen molar-refractivity contribution in [3.8, 4) is 5.75 Å². The highest BCUT2D eigenvalue weighted by Crippen LogP contribution is 2.28. The Morgan fingerprint density at radius 3 is 2.31 bits per heavy atom. The fourth-order valence-corrected chi connectivity index (χ4v) is 4.42. The number of carboxylic acid groups (broad SMARTS) is 1. The van der Waals surface area contributed by atoms with E-state index in [2.05, 4.69) is 21.3 Å². The molecule has 224 valence electrons. The molecule has 11 heteroatoms. The summed E-state index contributed by atoms with van der Waals surface area (Å²) in [4.78, 5) is 48.5. The standard InChI is InChI=1S/C31H38N4O7/c1-18(2)14-25(27-13-11-22(42-27)17-26(30(38)39)32-20(4)36)33-29(37)16-21-10-12-24(28(15-21)41-5)35-31(40)34-23-9-7-6-8-19(23)3/h6-13,15,18,25-26H,14,16-17H2,1-5H3,(H,32,36)(H,33,37)(H,38,39)(H2,34,35,40). The first-order chi connectivity index (χ1) is 19.9. The maximum absolute atomic E-state index is 13.1. The van der Waals surface area contributed by atoms with Crippen LogP contribution in [-0.2, 0) is 27.2 Å². The zero-order chi connectivity index (χ0) is 30.8. The average Bonchev–Trinajstić information content (AvgIpc) is 3.38. The zero-order valence-corrected chi connectivity index (χ0v) is 24.4. The van der Waals surface area contributed by atoms with Gasteiger partial charge in [-0.25, -0.2) is 9.59 Å². The quantitative estimate of drug-likeness (QED) is 0.194. The van der Waals surface area contributed by atoms with Crippen molar-refractivity contribution in [3.63, 3.8) is 0 Å². The minimum absolute atomic E-state index is 0.0274. The van der Waals surface area contributed by atoms with Gasteiger partial charge in [-0.05, 0) is 60.7 Å². The van der Waals surface area contributed by atoms with E-state index < -0.39 is 30.0 Å². The van der Waals surface area contributed by atoms with E-state index in [9.17, 15) is 24.3 Å². The van der Waals surface area contributed by atoms with Crippen LogP contribution in [-0.4, -0.2) is 42.1 Å². The molecule has 4 amide bonds. The Hall–Kier alpha value is -4.80. The van der Waals surface area contributed by atoms with Gasteiger partial charge in [0, 0.05) is 19.0 Å². The van der Waals surface area contributed by atoms with Crippen molar-refractivity contribution >= 4 is 35.2 Å². The molecule has 0 aliphatic rings. The molecule has 0 saturated carbocycles. The van der Waals surface area contributed by atoms with E-state index in [1.807, 2.05) is 45.0 Å². The van der Waals surface area contributed by atoms with Gasteiger partial charge in [0.15, 0.2) is 0 Å². The molecule has 0 radical (unpaired) electrons. The number of anilines is 2. The number of carbonyl (C=O) groups is 4. The monoisotopic (exact) mass is 578 g/mol. The number of amides is 4. The van der Waals surface area contributed by atoms with Crippen molar-refractivity contribution in [2.24, 2.45) is 5.92 Å². The molecule has 2 unspecified atom stereocenters. The van der Waals surface area contributed by atoms with Gasteiger partial charge in [-0.2, -0.15) is 0 Å². The maximum Gasteiger partial charge on any atom is 0.326 e. The summed E-state index contributed by atoms with van der Waals surface area (Å²) in [5.41, 5.74) is 2.75. The number of carbonyl (C=O) groups excluding carboxylic acids is 3. The average molecular weight is 579 g/mol. The number of benzene rings is 2. The Morgan fingerprint density at radius 2 is 1.67 bits per heavy atom. The minimum atomic E-state index is -1.17. The van der Waals surface area contributed by atoms with Crippen LogP contribution in [0.25, 0.3) is 0 Å². The molecule has 2 atom stereocenters. The van der Waals surface area contributed by atoms with E-state index in [1.165, 1.54) is 14.0 Å². The number of carboxylic acids is 1. The second-order valence-corrected chi connectivity index (χ2v) is 10.5. The molecule has 2 aromatic carbocycles. The highest BCUT2D eigenvalue weighted by molar-refractivity contribution is 6.01. The molecular formula is C31H38N4O7. The number of para-hydroxylation sites is 1. The number of aliphatic carboxylic acids is 1. The van der Waals surface area contributed by atoms with E-state index in [4.69, 9.17) is 9.15 Å². The minimum Gasteiger partial charge on any atom is -0.495 e. The van der Waals surface area contributed by atoms with E-state index in [0.29, 0.717) is 40.6 Å². The number of aryl methyl sites for hydroxylation is 1. The third kappa shape index (κ3) is 9.39. The summed E-state index contributed by atoms with van der Waals surface area (Å²) in [6.45, 7) is 7.19. The van der Waals surface area contributed by atoms with Crippen LogP contribution in [0.3, 0.4) is 0 Å². The van der Waals surface area contributed by atoms with Gasteiger partial charge < -0.3 is 35.5 Å². The molecular weight excluding hydrogens is 540 g/mol. The fourth-order valence-electron chi connectivity index (χ4n) is 4.42. The lowest BCUT2D eigenvalue weighted by molar-refractivity contribution is -0.141. The first-order valence-corrected chi connectivity index (χ1v) is 13.6. The van der Waals surface area contributed by atoms with Crippen LogP contribution >= 0.6 is 0 Å². The van der Waals surface area contributed by atoms with Crippen LogP contribution in [0.1, 0.15) is 55.9 Å². The van der Waals surface area contributed by atoms with Crippen molar-refractivity contribution in [2.75, 3.05) is 17.7 Å². The topological polar surface area (TPSA) is 159 Å². The lowest BCUT2D eigenvalue weighted by Crippen LogP contribution is -2.41. The Labute approximate surface area is 245 Å². The van der Waals surface area contributed by atoms with Crippen LogP contribution in [0.4, 0.5) is 16.2 Å². The smallest absolute Gasteiger partial charge is 0.326 e. The SMILES string of the molecule is COc1cc(CC(=O)NC(CC(C)C)c2ccc(CC(NC(C)=O)C(=O)O)o2)ccc1NC(=O)Nc1ccccc1C. The number of nitrogens with one attached hydrogen (secondary N) is 4. The summed E-state index contributed by atoms with van der Waals surface area (Å²) in [6, 6.07) is 13.9. The van der Waals surface area contributed by atoms with Crippen LogP contribution in [0.15, 0.2) is 59.0 Å². The molecule has 5 N–H and O–H groups in total. The predicted octanol–water partition coefficient (Wildman–Crippen LogP) is 4.82. The number of hydrogen-bond acceptors (Lipinski definition) is 6. The first-order valence-electron chi connectivity index (χ1n) is 13.6. The molecule has 0 fully saturated rings. The zero-order valence-electron chi connectivity index (χ0n) is 24.4. The Morgan fingerprint density at radius 1 is 0.952 bits per heavy atom. The first kappa shape index (κ1) is 31.7. The molecule has 0 aliphatic carbocycles. The highest BCUT2D eigenvalue weighted by atomic mass is 16.5. The van der Waals surface area contributed by atoms with Crippen molar-refractivity contribution in [2.45, 2.75) is 59.0 Å². The van der Waals surface area contributed by atoms with Gasteiger partial charge in [0.1, 0.15) is 23.3 Å². The Bertz CT molecular complexity index is 1420. The van der Waals surface area contributed by atoms with Gasteiger partial charge in [0.2, 0.25) is 11.8 Å². The van der Waals surface area contributed by atoms with E-state index >= 15 is 0 Å². The number of methoxy groups -OCH3 is 1. The largest absolute Gasteiger partial charge is 0.495 e. The van der Waals surface area contributed by atoms with Gasteiger partial charge in [-0.1, -0.05) is 38.1 Å². The number of urea groups is 1. The summed E-state index contributed by atoms with van der Waals surface area (Å²) < 4.78 is 11.4. The van der Waals surface area contributed by atoms with Crippen molar-refractivity contribution in [1.29, 1.82) is 0 Å². The van der Waals surface area contributed by atoms with Gasteiger partial charge >= 0.3 is 12.0 Å². The number of furan rings is 1. The number of ether oxygens (including phenoxy) is 1. The molecule has 3 rings (SSSR count). The molecule has 0 aliphatic heterocycles. The van der Waals surface area contributed by atoms with E-state index in [-0.39, 0.29) is 24.7 Å². The Balaban J connectivity index is 1.67.